The number of rotatable bonds is 2. The summed E-state index contributed by atoms with van der Waals surface area (Å²) in [5.41, 5.74) is 13.8. The van der Waals surface area contributed by atoms with Crippen LogP contribution in [0.4, 0.5) is 5.69 Å². The minimum Gasteiger partial charge on any atom is -0.399 e. The lowest BCUT2D eigenvalue weighted by atomic mass is 10.1. The summed E-state index contributed by atoms with van der Waals surface area (Å²) in [6, 6.07) is 40.8. The average molecular weight is 424 g/mol. The zero-order valence-corrected chi connectivity index (χ0v) is 17.9. The minimum atomic E-state index is 0.771. The van der Waals surface area contributed by atoms with Crippen molar-refractivity contribution in [1.82, 2.24) is 9.13 Å². The van der Waals surface area contributed by atoms with E-state index < -0.39 is 0 Å². The summed E-state index contributed by atoms with van der Waals surface area (Å²) < 4.78 is 4.69. The second-order valence-electron chi connectivity index (χ2n) is 8.52. The molecule has 0 aliphatic carbocycles. The van der Waals surface area contributed by atoms with E-state index in [1.54, 1.807) is 0 Å². The molecule has 156 valence electrons. The van der Waals surface area contributed by atoms with E-state index in [-0.39, 0.29) is 0 Å². The first-order chi connectivity index (χ1) is 16.3. The predicted octanol–water partition coefficient (Wildman–Crippen LogP) is 7.46. The molecule has 3 nitrogen and oxygen atoms in total. The molecule has 33 heavy (non-hydrogen) atoms. The quantitative estimate of drug-likeness (QED) is 0.288. The number of hydrogen-bond acceptors (Lipinski definition) is 1. The van der Waals surface area contributed by atoms with Crippen LogP contribution in [-0.2, 0) is 0 Å². The van der Waals surface area contributed by atoms with Crippen molar-refractivity contribution in [1.29, 1.82) is 0 Å². The van der Waals surface area contributed by atoms with Gasteiger partial charge in [-0.3, -0.25) is 0 Å². The van der Waals surface area contributed by atoms with Crippen LogP contribution in [0.5, 0.6) is 0 Å². The molecule has 0 saturated heterocycles. The number of fused-ring (bicyclic) bond motifs is 6. The Morgan fingerprint density at radius 2 is 0.818 bits per heavy atom. The van der Waals surface area contributed by atoms with Crippen molar-refractivity contribution in [3.05, 3.63) is 115 Å². The second-order valence-corrected chi connectivity index (χ2v) is 8.52. The molecule has 5 aromatic carbocycles. The predicted molar refractivity (Wildman–Crippen MR) is 140 cm³/mol. The van der Waals surface area contributed by atoms with Crippen LogP contribution in [0.25, 0.3) is 55.0 Å². The zero-order valence-electron chi connectivity index (χ0n) is 17.9. The van der Waals surface area contributed by atoms with Crippen molar-refractivity contribution in [2.75, 3.05) is 5.73 Å². The van der Waals surface area contributed by atoms with Gasteiger partial charge in [-0.2, -0.15) is 0 Å². The highest BCUT2D eigenvalue weighted by Crippen LogP contribution is 2.36. The Morgan fingerprint density at radius 1 is 0.394 bits per heavy atom. The fourth-order valence-corrected chi connectivity index (χ4v) is 5.20. The molecule has 2 aromatic heterocycles. The Morgan fingerprint density at radius 3 is 1.39 bits per heavy atom. The van der Waals surface area contributed by atoms with Crippen molar-refractivity contribution < 1.29 is 0 Å². The third-order valence-corrected chi connectivity index (χ3v) is 6.65. The SMILES string of the molecule is Nc1ccc(-n2c3ccccc3c3cc(-n4c5ccccc5c5ccccc54)ccc32)cc1. The van der Waals surface area contributed by atoms with Gasteiger partial charge in [0, 0.05) is 38.6 Å². The molecule has 2 N–H and O–H groups in total. The third kappa shape index (κ3) is 2.56. The molecule has 0 aliphatic heterocycles. The number of aromatic nitrogens is 2. The van der Waals surface area contributed by atoms with Gasteiger partial charge < -0.3 is 14.9 Å². The Bertz CT molecular complexity index is 1760. The molecule has 0 atom stereocenters. The maximum absolute atomic E-state index is 5.96. The number of nitrogens with two attached hydrogens (primary N) is 1. The monoisotopic (exact) mass is 423 g/mol. The zero-order chi connectivity index (χ0) is 21.9. The molecule has 0 unspecified atom stereocenters. The van der Waals surface area contributed by atoms with Crippen LogP contribution >= 0.6 is 0 Å². The first-order valence-corrected chi connectivity index (χ1v) is 11.2. The van der Waals surface area contributed by atoms with E-state index in [2.05, 4.69) is 112 Å². The average Bonchev–Trinajstić information content (AvgIpc) is 3.37. The van der Waals surface area contributed by atoms with Gasteiger partial charge in [0.25, 0.3) is 0 Å². The molecule has 7 aromatic rings. The highest BCUT2D eigenvalue weighted by molar-refractivity contribution is 6.12. The van der Waals surface area contributed by atoms with Crippen LogP contribution in [0.2, 0.25) is 0 Å². The Balaban J connectivity index is 1.57. The summed E-state index contributed by atoms with van der Waals surface area (Å²) in [6.07, 6.45) is 0. The van der Waals surface area contributed by atoms with Gasteiger partial charge in [-0.1, -0.05) is 54.6 Å². The minimum absolute atomic E-state index is 0.771. The lowest BCUT2D eigenvalue weighted by molar-refractivity contribution is 1.17. The maximum atomic E-state index is 5.96. The van der Waals surface area contributed by atoms with Crippen LogP contribution < -0.4 is 5.73 Å². The molecule has 7 rings (SSSR count). The fourth-order valence-electron chi connectivity index (χ4n) is 5.20. The molecule has 0 bridgehead atoms. The van der Waals surface area contributed by atoms with Crippen LogP contribution in [0, 0.1) is 0 Å². The highest BCUT2D eigenvalue weighted by Gasteiger charge is 2.15. The van der Waals surface area contributed by atoms with Crippen molar-refractivity contribution in [3.63, 3.8) is 0 Å². The second kappa shape index (κ2) is 6.75. The van der Waals surface area contributed by atoms with E-state index in [9.17, 15) is 0 Å². The van der Waals surface area contributed by atoms with Crippen LogP contribution in [0.15, 0.2) is 115 Å². The van der Waals surface area contributed by atoms with E-state index in [0.717, 1.165) is 11.4 Å². The summed E-state index contributed by atoms with van der Waals surface area (Å²) in [7, 11) is 0. The van der Waals surface area contributed by atoms with Gasteiger partial charge in [-0.05, 0) is 60.7 Å². The first-order valence-electron chi connectivity index (χ1n) is 11.2. The molecule has 3 heteroatoms. The number of nitrogen functional groups attached to an aromatic ring is 1. The lowest BCUT2D eigenvalue weighted by Gasteiger charge is -2.10. The third-order valence-electron chi connectivity index (χ3n) is 6.65. The Kier molecular flexibility index (Phi) is 3.70. The summed E-state index contributed by atoms with van der Waals surface area (Å²) in [5, 5.41) is 5.03. The topological polar surface area (TPSA) is 35.9 Å². The van der Waals surface area contributed by atoms with Gasteiger partial charge >= 0.3 is 0 Å². The molecule has 2 heterocycles. The van der Waals surface area contributed by atoms with Crippen molar-refractivity contribution in [2.45, 2.75) is 0 Å². The van der Waals surface area contributed by atoms with E-state index in [0.29, 0.717) is 0 Å². The number of para-hydroxylation sites is 3. The normalized spacial score (nSPS) is 11.8. The largest absolute Gasteiger partial charge is 0.399 e. The van der Waals surface area contributed by atoms with Crippen molar-refractivity contribution in [2.24, 2.45) is 0 Å². The summed E-state index contributed by atoms with van der Waals surface area (Å²) in [5.74, 6) is 0. The maximum Gasteiger partial charge on any atom is 0.0542 e. The Hall–Kier alpha value is -4.50. The summed E-state index contributed by atoms with van der Waals surface area (Å²) >= 11 is 0. The smallest absolute Gasteiger partial charge is 0.0542 e. The molecule has 0 radical (unpaired) electrons. The van der Waals surface area contributed by atoms with Crippen LogP contribution in [0.3, 0.4) is 0 Å². The lowest BCUT2D eigenvalue weighted by Crippen LogP contribution is -1.96. The van der Waals surface area contributed by atoms with Gasteiger partial charge in [0.05, 0.1) is 22.1 Å². The van der Waals surface area contributed by atoms with Gasteiger partial charge in [0.1, 0.15) is 0 Å². The summed E-state index contributed by atoms with van der Waals surface area (Å²) in [4.78, 5) is 0. The van der Waals surface area contributed by atoms with Crippen molar-refractivity contribution in [3.8, 4) is 11.4 Å². The van der Waals surface area contributed by atoms with Gasteiger partial charge in [-0.25, -0.2) is 0 Å². The molecule has 0 saturated carbocycles. The number of hydrogen-bond donors (Lipinski definition) is 1. The highest BCUT2D eigenvalue weighted by atomic mass is 15.0. The number of benzene rings is 5. The standard InChI is InChI=1S/C30H21N3/c31-20-13-15-21(16-14-20)32-29-12-6-3-9-25(29)26-19-22(17-18-30(26)32)33-27-10-4-1-7-23(27)24-8-2-5-11-28(24)33/h1-19H,31H2. The number of anilines is 1. The molecule has 0 fully saturated rings. The van der Waals surface area contributed by atoms with Gasteiger partial charge in [0.15, 0.2) is 0 Å². The van der Waals surface area contributed by atoms with E-state index in [4.69, 9.17) is 5.73 Å². The van der Waals surface area contributed by atoms with E-state index in [1.807, 2.05) is 12.1 Å². The molecule has 0 amide bonds. The fraction of sp³-hybridized carbons (Fsp3) is 0. The van der Waals surface area contributed by atoms with Crippen LogP contribution in [0.1, 0.15) is 0 Å². The Labute approximate surface area is 190 Å². The first kappa shape index (κ1) is 18.1. The molecule has 0 aliphatic rings. The molecular formula is C30H21N3. The van der Waals surface area contributed by atoms with Gasteiger partial charge in [0.2, 0.25) is 0 Å². The van der Waals surface area contributed by atoms with Crippen molar-refractivity contribution >= 4 is 49.3 Å². The van der Waals surface area contributed by atoms with Gasteiger partial charge in [-0.15, -0.1) is 0 Å². The van der Waals surface area contributed by atoms with E-state index >= 15 is 0 Å². The number of nitrogens with zero attached hydrogens (tertiary/aromatic N) is 2. The van der Waals surface area contributed by atoms with E-state index in [1.165, 1.54) is 49.3 Å². The molecule has 0 spiro atoms. The summed E-state index contributed by atoms with van der Waals surface area (Å²) in [6.45, 7) is 0. The molecular weight excluding hydrogens is 402 g/mol. The van der Waals surface area contributed by atoms with Crippen LogP contribution in [-0.4, -0.2) is 9.13 Å².